The fourth-order valence-corrected chi connectivity index (χ4v) is 2.07. The fraction of sp³-hybridized carbons (Fsp3) is 0.0556. The molecule has 2 N–H and O–H groups in total. The average Bonchev–Trinajstić information content (AvgIpc) is 2.57. The summed E-state index contributed by atoms with van der Waals surface area (Å²) in [5.74, 6) is 0.593. The number of rotatable bonds is 4. The molecule has 0 spiro atoms. The molecule has 0 aliphatic carbocycles. The van der Waals surface area contributed by atoms with E-state index in [0.717, 1.165) is 0 Å². The number of carbonyl (C=O) groups is 1. The van der Waals surface area contributed by atoms with Crippen LogP contribution in [-0.2, 0) is 0 Å². The maximum absolute atomic E-state index is 12.1. The van der Waals surface area contributed by atoms with Crippen LogP contribution in [0.1, 0.15) is 16.1 Å². The van der Waals surface area contributed by atoms with Crippen molar-refractivity contribution >= 4 is 11.6 Å². The molecule has 1 amide bonds. The second-order valence-electron chi connectivity index (χ2n) is 5.14. The number of aromatic amines is 1. The van der Waals surface area contributed by atoms with Crippen molar-refractivity contribution in [3.63, 3.8) is 0 Å². The van der Waals surface area contributed by atoms with Crippen molar-refractivity contribution in [2.24, 2.45) is 0 Å². The zero-order valence-electron chi connectivity index (χ0n) is 12.9. The monoisotopic (exact) mass is 321 g/mol. The van der Waals surface area contributed by atoms with Gasteiger partial charge in [0.2, 0.25) is 5.88 Å². The zero-order chi connectivity index (χ0) is 16.9. The first kappa shape index (κ1) is 15.5. The number of nitrogens with one attached hydrogen (secondary N) is 2. The Bertz CT molecular complexity index is 903. The number of aryl methyl sites for hydroxylation is 1. The molecule has 2 heterocycles. The number of nitrogens with zero attached hydrogens (tertiary/aromatic N) is 1. The molecule has 3 rings (SSSR count). The van der Waals surface area contributed by atoms with Gasteiger partial charge in [-0.15, -0.1) is 0 Å². The Morgan fingerprint density at radius 3 is 2.54 bits per heavy atom. The minimum absolute atomic E-state index is 0.0465. The Kier molecular flexibility index (Phi) is 4.38. The number of ether oxygens (including phenoxy) is 1. The van der Waals surface area contributed by atoms with E-state index in [1.165, 1.54) is 12.3 Å². The largest absolute Gasteiger partial charge is 0.439 e. The van der Waals surface area contributed by atoms with E-state index in [1.54, 1.807) is 25.1 Å². The number of H-pyrrole nitrogens is 1. The van der Waals surface area contributed by atoms with E-state index < -0.39 is 11.5 Å². The predicted octanol–water partition coefficient (Wildman–Crippen LogP) is 3.12. The molecule has 2 aromatic heterocycles. The number of hydrogen-bond donors (Lipinski definition) is 2. The van der Waals surface area contributed by atoms with Crippen LogP contribution < -0.4 is 15.6 Å². The number of aromatic nitrogens is 2. The topological polar surface area (TPSA) is 84.1 Å². The molecule has 0 aliphatic rings. The zero-order valence-corrected chi connectivity index (χ0v) is 12.9. The third-order valence-electron chi connectivity index (χ3n) is 3.26. The maximum atomic E-state index is 12.1. The van der Waals surface area contributed by atoms with Crippen molar-refractivity contribution in [2.75, 3.05) is 5.32 Å². The summed E-state index contributed by atoms with van der Waals surface area (Å²) in [5.41, 5.74) is 0.788. The van der Waals surface area contributed by atoms with Crippen LogP contribution in [0.15, 0.2) is 65.6 Å². The summed E-state index contributed by atoms with van der Waals surface area (Å²) >= 11 is 0. The second kappa shape index (κ2) is 6.78. The molecule has 0 unspecified atom stereocenters. The van der Waals surface area contributed by atoms with E-state index in [1.807, 2.05) is 30.3 Å². The molecule has 0 atom stereocenters. The minimum atomic E-state index is -0.491. The Morgan fingerprint density at radius 2 is 1.88 bits per heavy atom. The molecule has 3 aromatic rings. The smallest absolute Gasteiger partial charge is 0.261 e. The first-order chi connectivity index (χ1) is 11.6. The number of para-hydroxylation sites is 1. The van der Waals surface area contributed by atoms with Gasteiger partial charge in [0, 0.05) is 11.8 Å². The van der Waals surface area contributed by atoms with E-state index in [2.05, 4.69) is 15.3 Å². The van der Waals surface area contributed by atoms with Gasteiger partial charge < -0.3 is 15.0 Å². The fourth-order valence-electron chi connectivity index (χ4n) is 2.07. The van der Waals surface area contributed by atoms with Crippen molar-refractivity contribution in [1.29, 1.82) is 0 Å². The summed E-state index contributed by atoms with van der Waals surface area (Å²) in [6, 6.07) is 15.7. The number of amides is 1. The molecule has 120 valence electrons. The van der Waals surface area contributed by atoms with Gasteiger partial charge in [-0.1, -0.05) is 18.2 Å². The molecule has 0 bridgehead atoms. The SMILES string of the molecule is Cc1ccc(C(=O)Nc2ccc(Oc3ccccc3)nc2)c(=O)[nH]1. The number of carbonyl (C=O) groups excluding carboxylic acids is 1. The number of hydrogen-bond acceptors (Lipinski definition) is 4. The van der Waals surface area contributed by atoms with Gasteiger partial charge in [0.05, 0.1) is 11.9 Å². The highest BCUT2D eigenvalue weighted by atomic mass is 16.5. The van der Waals surface area contributed by atoms with Crippen molar-refractivity contribution in [3.05, 3.63) is 82.4 Å². The summed E-state index contributed by atoms with van der Waals surface area (Å²) in [6.07, 6.45) is 1.47. The van der Waals surface area contributed by atoms with Crippen molar-refractivity contribution < 1.29 is 9.53 Å². The molecule has 0 saturated heterocycles. The number of benzene rings is 1. The lowest BCUT2D eigenvalue weighted by Crippen LogP contribution is -2.23. The third kappa shape index (κ3) is 3.67. The molecule has 0 fully saturated rings. The van der Waals surface area contributed by atoms with Gasteiger partial charge in [-0.3, -0.25) is 9.59 Å². The van der Waals surface area contributed by atoms with E-state index in [4.69, 9.17) is 4.74 Å². The molecular weight excluding hydrogens is 306 g/mol. The van der Waals surface area contributed by atoms with E-state index >= 15 is 0 Å². The second-order valence-corrected chi connectivity index (χ2v) is 5.14. The van der Waals surface area contributed by atoms with Crippen LogP contribution in [-0.4, -0.2) is 15.9 Å². The lowest BCUT2D eigenvalue weighted by Gasteiger charge is -2.07. The summed E-state index contributed by atoms with van der Waals surface area (Å²) in [4.78, 5) is 30.6. The van der Waals surface area contributed by atoms with Gasteiger partial charge in [0.15, 0.2) is 0 Å². The predicted molar refractivity (Wildman–Crippen MR) is 90.5 cm³/mol. The van der Waals surface area contributed by atoms with Crippen LogP contribution in [0.3, 0.4) is 0 Å². The molecule has 1 aromatic carbocycles. The molecule has 0 saturated carbocycles. The lowest BCUT2D eigenvalue weighted by molar-refractivity contribution is 0.102. The number of pyridine rings is 2. The van der Waals surface area contributed by atoms with E-state index in [-0.39, 0.29) is 5.56 Å². The summed E-state index contributed by atoms with van der Waals surface area (Å²) < 4.78 is 5.58. The van der Waals surface area contributed by atoms with Crippen LogP contribution in [0.2, 0.25) is 0 Å². The van der Waals surface area contributed by atoms with Crippen molar-refractivity contribution in [2.45, 2.75) is 6.92 Å². The highest BCUT2D eigenvalue weighted by Crippen LogP contribution is 2.19. The first-order valence-corrected chi connectivity index (χ1v) is 7.32. The average molecular weight is 321 g/mol. The normalized spacial score (nSPS) is 10.2. The lowest BCUT2D eigenvalue weighted by atomic mass is 10.2. The molecule has 0 aliphatic heterocycles. The summed E-state index contributed by atoms with van der Waals surface area (Å²) in [6.45, 7) is 1.75. The summed E-state index contributed by atoms with van der Waals surface area (Å²) in [7, 11) is 0. The Balaban J connectivity index is 1.70. The molecule has 6 nitrogen and oxygen atoms in total. The van der Waals surface area contributed by atoms with Crippen molar-refractivity contribution in [3.8, 4) is 11.6 Å². The standard InChI is InChI=1S/C18H15N3O3/c1-12-7-9-15(17(22)20-12)18(23)21-13-8-10-16(19-11-13)24-14-5-3-2-4-6-14/h2-11H,1H3,(H,20,22)(H,21,23). The first-order valence-electron chi connectivity index (χ1n) is 7.32. The van der Waals surface area contributed by atoms with E-state index in [9.17, 15) is 9.59 Å². The third-order valence-corrected chi connectivity index (χ3v) is 3.26. The van der Waals surface area contributed by atoms with Gasteiger partial charge in [0.1, 0.15) is 11.3 Å². The van der Waals surface area contributed by atoms with Gasteiger partial charge in [-0.25, -0.2) is 4.98 Å². The van der Waals surface area contributed by atoms with Crippen LogP contribution >= 0.6 is 0 Å². The Hall–Kier alpha value is -3.41. The van der Waals surface area contributed by atoms with Gasteiger partial charge >= 0.3 is 0 Å². The van der Waals surface area contributed by atoms with E-state index in [0.29, 0.717) is 23.0 Å². The highest BCUT2D eigenvalue weighted by Gasteiger charge is 2.11. The summed E-state index contributed by atoms with van der Waals surface area (Å²) in [5, 5.41) is 2.63. The molecular formula is C18H15N3O3. The maximum Gasteiger partial charge on any atom is 0.261 e. The van der Waals surface area contributed by atoms with Crippen LogP contribution in [0.5, 0.6) is 11.6 Å². The van der Waals surface area contributed by atoms with Gasteiger partial charge in [0.25, 0.3) is 11.5 Å². The quantitative estimate of drug-likeness (QED) is 0.773. The Labute approximate surface area is 138 Å². The molecule has 0 radical (unpaired) electrons. The van der Waals surface area contributed by atoms with Crippen LogP contribution in [0, 0.1) is 6.92 Å². The van der Waals surface area contributed by atoms with Gasteiger partial charge in [-0.05, 0) is 37.3 Å². The highest BCUT2D eigenvalue weighted by molar-refractivity contribution is 6.03. The van der Waals surface area contributed by atoms with Gasteiger partial charge in [-0.2, -0.15) is 0 Å². The van der Waals surface area contributed by atoms with Crippen LogP contribution in [0.4, 0.5) is 5.69 Å². The minimum Gasteiger partial charge on any atom is -0.439 e. The molecule has 24 heavy (non-hydrogen) atoms. The Morgan fingerprint density at radius 1 is 1.08 bits per heavy atom. The number of anilines is 1. The van der Waals surface area contributed by atoms with Crippen molar-refractivity contribution in [1.82, 2.24) is 9.97 Å². The van der Waals surface area contributed by atoms with Crippen LogP contribution in [0.25, 0.3) is 0 Å². The molecule has 6 heteroatoms.